The summed E-state index contributed by atoms with van der Waals surface area (Å²) in [5.41, 5.74) is 6.67. The number of hydrogen-bond donors (Lipinski definition) is 1. The van der Waals surface area contributed by atoms with E-state index < -0.39 is 0 Å². The molecule has 1 saturated carbocycles. The van der Waals surface area contributed by atoms with Gasteiger partial charge in [0.05, 0.1) is 10.9 Å². The maximum absolute atomic E-state index is 12.8. The van der Waals surface area contributed by atoms with Crippen molar-refractivity contribution < 1.29 is 4.79 Å². The third kappa shape index (κ3) is 3.79. The number of benzene rings is 1. The lowest BCUT2D eigenvalue weighted by molar-refractivity contribution is -0.133. The summed E-state index contributed by atoms with van der Waals surface area (Å²) in [5, 5.41) is 0. The van der Waals surface area contributed by atoms with Crippen molar-refractivity contribution >= 4 is 23.1 Å². The quantitative estimate of drug-likeness (QED) is 0.785. The third-order valence-corrected chi connectivity index (χ3v) is 3.98. The van der Waals surface area contributed by atoms with Crippen molar-refractivity contribution in [2.24, 2.45) is 5.73 Å². The molecule has 0 spiro atoms. The average Bonchev–Trinajstić information content (AvgIpc) is 3.25. The summed E-state index contributed by atoms with van der Waals surface area (Å²) >= 11 is 4.93. The first kappa shape index (κ1) is 15.0. The fraction of sp³-hybridized carbons (Fsp3) is 0.500. The number of rotatable bonds is 7. The summed E-state index contributed by atoms with van der Waals surface area (Å²) in [6.45, 7) is 2.72. The topological polar surface area (TPSA) is 46.3 Å². The standard InChI is InChI=1S/C16H22N2OS/c1-2-14(12-6-4-3-5-7-12)16(19)18(13-8-9-13)11-10-15(17)20/h3-7,13-14H,2,8-11H2,1H3,(H2,17,20). The first-order valence-electron chi connectivity index (χ1n) is 7.27. The molecule has 0 radical (unpaired) electrons. The normalized spacial score (nSPS) is 15.7. The Hall–Kier alpha value is -1.42. The molecule has 1 amide bonds. The summed E-state index contributed by atoms with van der Waals surface area (Å²) in [7, 11) is 0. The lowest BCUT2D eigenvalue weighted by Crippen LogP contribution is -2.38. The molecule has 0 saturated heterocycles. The summed E-state index contributed by atoms with van der Waals surface area (Å²) < 4.78 is 0. The molecule has 0 bridgehead atoms. The van der Waals surface area contributed by atoms with Crippen LogP contribution in [0.3, 0.4) is 0 Å². The molecule has 1 fully saturated rings. The van der Waals surface area contributed by atoms with Crippen molar-refractivity contribution in [3.8, 4) is 0 Å². The molecule has 1 aromatic rings. The Morgan fingerprint density at radius 3 is 2.55 bits per heavy atom. The highest BCUT2D eigenvalue weighted by atomic mass is 32.1. The van der Waals surface area contributed by atoms with Gasteiger partial charge in [0.1, 0.15) is 0 Å². The van der Waals surface area contributed by atoms with Gasteiger partial charge in [0, 0.05) is 19.0 Å². The number of carbonyl (C=O) groups excluding carboxylic acids is 1. The van der Waals surface area contributed by atoms with Crippen LogP contribution in [0, 0.1) is 0 Å². The highest BCUT2D eigenvalue weighted by Crippen LogP contribution is 2.31. The minimum Gasteiger partial charge on any atom is -0.393 e. The zero-order valence-corrected chi connectivity index (χ0v) is 12.7. The molecule has 2 rings (SSSR count). The predicted octanol–water partition coefficient (Wildman–Crippen LogP) is 2.85. The zero-order valence-electron chi connectivity index (χ0n) is 11.9. The Morgan fingerprint density at radius 1 is 1.40 bits per heavy atom. The zero-order chi connectivity index (χ0) is 14.5. The minimum atomic E-state index is -0.0526. The number of nitrogens with zero attached hydrogens (tertiary/aromatic N) is 1. The molecule has 1 atom stereocenters. The number of carbonyl (C=O) groups is 1. The molecule has 1 aliphatic carbocycles. The van der Waals surface area contributed by atoms with Crippen LogP contribution in [0.25, 0.3) is 0 Å². The van der Waals surface area contributed by atoms with Gasteiger partial charge in [-0.15, -0.1) is 0 Å². The molecule has 2 N–H and O–H groups in total. The average molecular weight is 290 g/mol. The van der Waals surface area contributed by atoms with E-state index in [0.717, 1.165) is 24.8 Å². The van der Waals surface area contributed by atoms with Crippen molar-refractivity contribution in [1.29, 1.82) is 0 Å². The highest BCUT2D eigenvalue weighted by molar-refractivity contribution is 7.80. The lowest BCUT2D eigenvalue weighted by Gasteiger charge is -2.27. The van der Waals surface area contributed by atoms with Gasteiger partial charge in [-0.05, 0) is 24.8 Å². The van der Waals surface area contributed by atoms with Crippen molar-refractivity contribution in [3.05, 3.63) is 35.9 Å². The van der Waals surface area contributed by atoms with E-state index in [4.69, 9.17) is 18.0 Å². The van der Waals surface area contributed by atoms with Crippen molar-refractivity contribution in [2.45, 2.75) is 44.6 Å². The maximum Gasteiger partial charge on any atom is 0.230 e. The van der Waals surface area contributed by atoms with Crippen LogP contribution >= 0.6 is 12.2 Å². The van der Waals surface area contributed by atoms with E-state index in [-0.39, 0.29) is 11.8 Å². The minimum absolute atomic E-state index is 0.0526. The molecule has 4 heteroatoms. The van der Waals surface area contributed by atoms with Crippen LogP contribution in [0.2, 0.25) is 0 Å². The van der Waals surface area contributed by atoms with Gasteiger partial charge in [-0.3, -0.25) is 4.79 Å². The monoisotopic (exact) mass is 290 g/mol. The van der Waals surface area contributed by atoms with Crippen LogP contribution in [0.15, 0.2) is 30.3 Å². The van der Waals surface area contributed by atoms with E-state index in [9.17, 15) is 4.79 Å². The largest absolute Gasteiger partial charge is 0.393 e. The summed E-state index contributed by atoms with van der Waals surface area (Å²) in [6.07, 6.45) is 3.64. The van der Waals surface area contributed by atoms with Gasteiger partial charge in [-0.1, -0.05) is 49.5 Å². The molecular formula is C16H22N2OS. The Kier molecular flexibility index (Phi) is 5.12. The molecule has 1 aliphatic rings. The van der Waals surface area contributed by atoms with E-state index in [1.807, 2.05) is 35.2 Å². The molecule has 0 aliphatic heterocycles. The number of thiocarbonyl (C=S) groups is 1. The molecule has 3 nitrogen and oxygen atoms in total. The summed E-state index contributed by atoms with van der Waals surface area (Å²) in [6, 6.07) is 10.4. The fourth-order valence-corrected chi connectivity index (χ4v) is 2.62. The van der Waals surface area contributed by atoms with Crippen LogP contribution in [-0.4, -0.2) is 28.4 Å². The second-order valence-electron chi connectivity index (χ2n) is 5.35. The van der Waals surface area contributed by atoms with Gasteiger partial charge in [0.2, 0.25) is 5.91 Å². The maximum atomic E-state index is 12.8. The molecule has 1 aromatic carbocycles. The summed E-state index contributed by atoms with van der Waals surface area (Å²) in [4.78, 5) is 15.3. The van der Waals surface area contributed by atoms with Crippen LogP contribution < -0.4 is 5.73 Å². The van der Waals surface area contributed by atoms with Crippen molar-refractivity contribution in [3.63, 3.8) is 0 Å². The van der Waals surface area contributed by atoms with Crippen LogP contribution in [0.5, 0.6) is 0 Å². The smallest absolute Gasteiger partial charge is 0.230 e. The number of hydrogen-bond acceptors (Lipinski definition) is 2. The molecule has 0 heterocycles. The van der Waals surface area contributed by atoms with Gasteiger partial charge in [0.15, 0.2) is 0 Å². The molecule has 108 valence electrons. The van der Waals surface area contributed by atoms with Gasteiger partial charge >= 0.3 is 0 Å². The second kappa shape index (κ2) is 6.84. The third-order valence-electron chi connectivity index (χ3n) is 3.78. The van der Waals surface area contributed by atoms with Crippen LogP contribution in [0.4, 0.5) is 0 Å². The SMILES string of the molecule is CCC(C(=O)N(CCC(N)=S)C1CC1)c1ccccc1. The van der Waals surface area contributed by atoms with Gasteiger partial charge in [-0.2, -0.15) is 0 Å². The van der Waals surface area contributed by atoms with Gasteiger partial charge < -0.3 is 10.6 Å². The first-order chi connectivity index (χ1) is 9.63. The summed E-state index contributed by atoms with van der Waals surface area (Å²) in [5.74, 6) is 0.167. The predicted molar refractivity (Wildman–Crippen MR) is 85.6 cm³/mol. The van der Waals surface area contributed by atoms with Crippen LogP contribution in [0.1, 0.15) is 44.1 Å². The Balaban J connectivity index is 2.10. The second-order valence-corrected chi connectivity index (χ2v) is 5.88. The molecule has 20 heavy (non-hydrogen) atoms. The van der Waals surface area contributed by atoms with E-state index in [1.165, 1.54) is 0 Å². The van der Waals surface area contributed by atoms with Crippen molar-refractivity contribution in [1.82, 2.24) is 4.90 Å². The highest BCUT2D eigenvalue weighted by Gasteiger charge is 2.35. The van der Waals surface area contributed by atoms with E-state index in [1.54, 1.807) is 0 Å². The van der Waals surface area contributed by atoms with Gasteiger partial charge in [-0.25, -0.2) is 0 Å². The molecule has 1 unspecified atom stereocenters. The number of amides is 1. The Morgan fingerprint density at radius 2 is 2.05 bits per heavy atom. The van der Waals surface area contributed by atoms with E-state index in [2.05, 4.69) is 6.92 Å². The molecule has 0 aromatic heterocycles. The Labute approximate surface area is 126 Å². The lowest BCUT2D eigenvalue weighted by atomic mass is 9.95. The molecular weight excluding hydrogens is 268 g/mol. The Bertz CT molecular complexity index is 471. The van der Waals surface area contributed by atoms with E-state index in [0.29, 0.717) is 24.0 Å². The first-order valence-corrected chi connectivity index (χ1v) is 7.68. The van der Waals surface area contributed by atoms with Crippen molar-refractivity contribution in [2.75, 3.05) is 6.54 Å². The van der Waals surface area contributed by atoms with Crippen LogP contribution in [-0.2, 0) is 4.79 Å². The number of nitrogens with two attached hydrogens (primary N) is 1. The van der Waals surface area contributed by atoms with E-state index >= 15 is 0 Å². The fourth-order valence-electron chi connectivity index (χ4n) is 2.53. The van der Waals surface area contributed by atoms with Gasteiger partial charge in [0.25, 0.3) is 0 Å².